The number of benzene rings is 1. The van der Waals surface area contributed by atoms with Crippen LogP contribution in [0.1, 0.15) is 49.7 Å². The largest absolute Gasteiger partial charge is 0.456 e. The van der Waals surface area contributed by atoms with Crippen molar-refractivity contribution in [2.45, 2.75) is 57.3 Å². The fraction of sp³-hybridized carbons (Fsp3) is 0.526. The number of thiocyanates is 1. The summed E-state index contributed by atoms with van der Waals surface area (Å²) in [5.74, 6) is -0.0196. The summed E-state index contributed by atoms with van der Waals surface area (Å²) >= 11 is 1.08. The maximum Gasteiger partial charge on any atom is 0.306 e. The van der Waals surface area contributed by atoms with Crippen molar-refractivity contribution in [2.75, 3.05) is 11.9 Å². The van der Waals surface area contributed by atoms with Gasteiger partial charge in [0.2, 0.25) is 0 Å². The standard InChI is InChI=1S/C19H24N2O3S/c1-13-9-16(25-12-20)10-14(2)19(13)21-17(22)11-24-18(23)8-7-15-5-3-4-6-15/h9-10,15H,3-8,11H2,1-2H3,(H,21,22). The topological polar surface area (TPSA) is 79.2 Å². The number of carbonyl (C=O) groups excluding carboxylic acids is 2. The van der Waals surface area contributed by atoms with Crippen molar-refractivity contribution in [2.24, 2.45) is 5.92 Å². The smallest absolute Gasteiger partial charge is 0.306 e. The third-order valence-corrected chi connectivity index (χ3v) is 5.09. The molecule has 0 radical (unpaired) electrons. The van der Waals surface area contributed by atoms with Crippen LogP contribution in [0.4, 0.5) is 5.69 Å². The first-order valence-electron chi connectivity index (χ1n) is 8.62. The van der Waals surface area contributed by atoms with Gasteiger partial charge in [0, 0.05) is 17.0 Å². The monoisotopic (exact) mass is 360 g/mol. The van der Waals surface area contributed by atoms with Gasteiger partial charge in [-0.1, -0.05) is 25.7 Å². The van der Waals surface area contributed by atoms with Gasteiger partial charge in [-0.2, -0.15) is 5.26 Å². The van der Waals surface area contributed by atoms with E-state index in [1.807, 2.05) is 31.4 Å². The Bertz CT molecular complexity index is 653. The van der Waals surface area contributed by atoms with Gasteiger partial charge in [-0.05, 0) is 61.2 Å². The molecule has 0 saturated heterocycles. The third-order valence-electron chi connectivity index (χ3n) is 4.53. The van der Waals surface area contributed by atoms with Gasteiger partial charge in [0.05, 0.1) is 0 Å². The number of carbonyl (C=O) groups is 2. The Labute approximate surface area is 153 Å². The van der Waals surface area contributed by atoms with Crippen LogP contribution < -0.4 is 5.32 Å². The highest BCUT2D eigenvalue weighted by Gasteiger charge is 2.17. The molecule has 1 aromatic carbocycles. The number of hydrogen-bond donors (Lipinski definition) is 1. The number of rotatable bonds is 7. The molecule has 1 aromatic rings. The highest BCUT2D eigenvalue weighted by Crippen LogP contribution is 2.29. The van der Waals surface area contributed by atoms with Gasteiger partial charge in [0.15, 0.2) is 6.61 Å². The number of thioether (sulfide) groups is 1. The van der Waals surface area contributed by atoms with E-state index in [1.54, 1.807) is 0 Å². The van der Waals surface area contributed by atoms with E-state index in [0.29, 0.717) is 18.0 Å². The number of ether oxygens (including phenoxy) is 1. The van der Waals surface area contributed by atoms with Gasteiger partial charge in [-0.15, -0.1) is 0 Å². The number of nitrogens with one attached hydrogen (secondary N) is 1. The van der Waals surface area contributed by atoms with Crippen LogP contribution in [0.3, 0.4) is 0 Å². The van der Waals surface area contributed by atoms with Gasteiger partial charge in [-0.3, -0.25) is 9.59 Å². The molecular formula is C19H24N2O3S. The van der Waals surface area contributed by atoms with Crippen molar-refractivity contribution in [1.29, 1.82) is 5.26 Å². The summed E-state index contributed by atoms with van der Waals surface area (Å²) in [6.07, 6.45) is 6.16. The molecule has 1 N–H and O–H groups in total. The van der Waals surface area contributed by atoms with Crippen LogP contribution in [0.25, 0.3) is 0 Å². The Morgan fingerprint density at radius 3 is 2.52 bits per heavy atom. The number of anilines is 1. The minimum absolute atomic E-state index is 0.267. The fourth-order valence-corrected chi connectivity index (χ4v) is 3.82. The van der Waals surface area contributed by atoms with Crippen LogP contribution in [-0.2, 0) is 14.3 Å². The second-order valence-corrected chi connectivity index (χ2v) is 7.38. The summed E-state index contributed by atoms with van der Waals surface area (Å²) in [6.45, 7) is 3.48. The van der Waals surface area contributed by atoms with Crippen molar-refractivity contribution in [3.8, 4) is 5.40 Å². The molecule has 25 heavy (non-hydrogen) atoms. The summed E-state index contributed by atoms with van der Waals surface area (Å²) in [5.41, 5.74) is 2.45. The molecule has 1 saturated carbocycles. The van der Waals surface area contributed by atoms with Crippen LogP contribution in [0.15, 0.2) is 17.0 Å². The molecule has 0 atom stereocenters. The summed E-state index contributed by atoms with van der Waals surface area (Å²) in [4.78, 5) is 24.7. The maximum atomic E-state index is 12.0. The first kappa shape index (κ1) is 19.3. The fourth-order valence-electron chi connectivity index (χ4n) is 3.25. The number of esters is 1. The molecule has 0 unspecified atom stereocenters. The molecular weight excluding hydrogens is 336 g/mol. The molecule has 1 aliphatic rings. The maximum absolute atomic E-state index is 12.0. The van der Waals surface area contributed by atoms with Crippen LogP contribution in [0, 0.1) is 30.4 Å². The molecule has 0 aromatic heterocycles. The van der Waals surface area contributed by atoms with Crippen molar-refractivity contribution in [3.05, 3.63) is 23.3 Å². The summed E-state index contributed by atoms with van der Waals surface area (Å²) in [6, 6.07) is 3.70. The molecule has 2 rings (SSSR count). The number of nitrogens with zero attached hydrogens (tertiary/aromatic N) is 1. The predicted octanol–water partition coefficient (Wildman–Crippen LogP) is 4.33. The first-order valence-corrected chi connectivity index (χ1v) is 9.44. The lowest BCUT2D eigenvalue weighted by Crippen LogP contribution is -2.22. The summed E-state index contributed by atoms with van der Waals surface area (Å²) in [7, 11) is 0. The highest BCUT2D eigenvalue weighted by atomic mass is 32.2. The van der Waals surface area contributed by atoms with E-state index in [2.05, 4.69) is 5.32 Å². The second-order valence-electron chi connectivity index (χ2n) is 6.52. The van der Waals surface area contributed by atoms with Crippen LogP contribution >= 0.6 is 11.8 Å². The Morgan fingerprint density at radius 1 is 1.28 bits per heavy atom. The molecule has 1 fully saturated rings. The second kappa shape index (κ2) is 9.47. The van der Waals surface area contributed by atoms with Gasteiger partial charge in [0.1, 0.15) is 5.40 Å². The number of amides is 1. The number of hydrogen-bond acceptors (Lipinski definition) is 5. The van der Waals surface area contributed by atoms with Gasteiger partial charge >= 0.3 is 5.97 Å². The minimum Gasteiger partial charge on any atom is -0.456 e. The SMILES string of the molecule is Cc1cc(SC#N)cc(C)c1NC(=O)COC(=O)CCC1CCCC1. The van der Waals surface area contributed by atoms with E-state index in [4.69, 9.17) is 10.00 Å². The quantitative estimate of drug-likeness (QED) is 0.445. The molecule has 0 aliphatic heterocycles. The van der Waals surface area contributed by atoms with Crippen LogP contribution in [-0.4, -0.2) is 18.5 Å². The molecule has 1 amide bonds. The lowest BCUT2D eigenvalue weighted by molar-refractivity contribution is -0.147. The van der Waals surface area contributed by atoms with E-state index in [-0.39, 0.29) is 18.5 Å². The predicted molar refractivity (Wildman–Crippen MR) is 98.2 cm³/mol. The molecule has 0 spiro atoms. The van der Waals surface area contributed by atoms with E-state index >= 15 is 0 Å². The molecule has 0 heterocycles. The lowest BCUT2D eigenvalue weighted by Gasteiger charge is -2.13. The van der Waals surface area contributed by atoms with E-state index < -0.39 is 0 Å². The summed E-state index contributed by atoms with van der Waals surface area (Å²) in [5, 5.41) is 13.6. The zero-order valence-corrected chi connectivity index (χ0v) is 15.6. The van der Waals surface area contributed by atoms with Crippen molar-refractivity contribution >= 4 is 29.3 Å². The molecule has 5 nitrogen and oxygen atoms in total. The van der Waals surface area contributed by atoms with E-state index in [0.717, 1.165) is 34.2 Å². The number of nitriles is 1. The van der Waals surface area contributed by atoms with E-state index in [9.17, 15) is 9.59 Å². The third kappa shape index (κ3) is 6.09. The molecule has 0 bridgehead atoms. The lowest BCUT2D eigenvalue weighted by atomic mass is 10.0. The average Bonchev–Trinajstić information content (AvgIpc) is 3.08. The van der Waals surface area contributed by atoms with Crippen molar-refractivity contribution < 1.29 is 14.3 Å². The highest BCUT2D eigenvalue weighted by molar-refractivity contribution is 8.03. The Balaban J connectivity index is 1.79. The van der Waals surface area contributed by atoms with Crippen LogP contribution in [0.2, 0.25) is 0 Å². The minimum atomic E-state index is -0.346. The van der Waals surface area contributed by atoms with Crippen molar-refractivity contribution in [1.82, 2.24) is 0 Å². The zero-order valence-electron chi connectivity index (χ0n) is 14.8. The number of aryl methyl sites for hydroxylation is 2. The normalized spacial score (nSPS) is 14.1. The van der Waals surface area contributed by atoms with Gasteiger partial charge in [-0.25, -0.2) is 0 Å². The average molecular weight is 360 g/mol. The van der Waals surface area contributed by atoms with Crippen molar-refractivity contribution in [3.63, 3.8) is 0 Å². The Morgan fingerprint density at radius 2 is 1.92 bits per heavy atom. The first-order chi connectivity index (χ1) is 12.0. The Kier molecular flexibility index (Phi) is 7.32. The van der Waals surface area contributed by atoms with Gasteiger partial charge < -0.3 is 10.1 Å². The summed E-state index contributed by atoms with van der Waals surface area (Å²) < 4.78 is 5.08. The molecule has 134 valence electrons. The zero-order chi connectivity index (χ0) is 18.2. The van der Waals surface area contributed by atoms with Crippen LogP contribution in [0.5, 0.6) is 0 Å². The Hall–Kier alpha value is -2.00. The molecule has 1 aliphatic carbocycles. The van der Waals surface area contributed by atoms with E-state index in [1.165, 1.54) is 25.7 Å². The molecule has 6 heteroatoms. The van der Waals surface area contributed by atoms with Gasteiger partial charge in [0.25, 0.3) is 5.91 Å².